The van der Waals surface area contributed by atoms with Crippen molar-refractivity contribution in [1.82, 2.24) is 9.13 Å². The summed E-state index contributed by atoms with van der Waals surface area (Å²) in [6.07, 6.45) is 5.40. The molecule has 5 nitrogen and oxygen atoms in total. The average Bonchev–Trinajstić information content (AvgIpc) is 2.61. The molecule has 3 N–H and O–H groups in total. The lowest BCUT2D eigenvalue weighted by Gasteiger charge is -2.03. The summed E-state index contributed by atoms with van der Waals surface area (Å²) >= 11 is 0. The summed E-state index contributed by atoms with van der Waals surface area (Å²) < 4.78 is 3.43. The number of nitrogens with two attached hydrogens (primary N) is 1. The summed E-state index contributed by atoms with van der Waals surface area (Å²) in [4.78, 5) is 5.21. The highest BCUT2D eigenvalue weighted by Gasteiger charge is 2.02. The van der Waals surface area contributed by atoms with Crippen LogP contribution < -0.4 is 10.6 Å². The van der Waals surface area contributed by atoms with Gasteiger partial charge in [-0.3, -0.25) is 0 Å². The Morgan fingerprint density at radius 3 is 3.08 bits per heavy atom. The largest absolute Gasteiger partial charge is 0.410 e. The van der Waals surface area contributed by atoms with Gasteiger partial charge in [-0.05, 0) is 0 Å². The van der Waals surface area contributed by atoms with Crippen molar-refractivity contribution < 1.29 is 9.94 Å². The number of nitrogen functional groups attached to an aromatic ring is 1. The van der Waals surface area contributed by atoms with Crippen LogP contribution in [0.2, 0.25) is 0 Å². The van der Waals surface area contributed by atoms with E-state index in [0.29, 0.717) is 5.69 Å². The Morgan fingerprint density at radius 1 is 1.46 bits per heavy atom. The number of aliphatic hydroxyl groups excluding tert-OH is 1. The summed E-state index contributed by atoms with van der Waals surface area (Å²) in [5.41, 5.74) is 7.14. The first-order valence-electron chi connectivity index (χ1n) is 4.00. The van der Waals surface area contributed by atoms with Crippen molar-refractivity contribution in [1.29, 1.82) is 0 Å². The molecule has 0 saturated heterocycles. The summed E-state index contributed by atoms with van der Waals surface area (Å²) in [5.74, 6) is 0. The first-order valence-corrected chi connectivity index (χ1v) is 4.00. The summed E-state index contributed by atoms with van der Waals surface area (Å²) in [6.45, 7) is 0.274. The molecule has 0 unspecified atom stereocenters. The van der Waals surface area contributed by atoms with E-state index in [0.717, 1.165) is 5.65 Å². The van der Waals surface area contributed by atoms with E-state index in [4.69, 9.17) is 15.7 Å². The fourth-order valence-electron chi connectivity index (χ4n) is 1.24. The van der Waals surface area contributed by atoms with Gasteiger partial charge < -0.3 is 20.1 Å². The number of hydrogen-bond acceptors (Lipinski definition) is 3. The molecule has 0 aliphatic heterocycles. The van der Waals surface area contributed by atoms with E-state index < -0.39 is 0 Å². The zero-order chi connectivity index (χ0) is 9.26. The third-order valence-electron chi connectivity index (χ3n) is 1.76. The van der Waals surface area contributed by atoms with Crippen LogP contribution in [0.5, 0.6) is 0 Å². The maximum atomic E-state index is 8.57. The van der Waals surface area contributed by atoms with Crippen LogP contribution >= 0.6 is 0 Å². The predicted octanol–water partition coefficient (Wildman–Crippen LogP) is -0.256. The normalized spacial score (nSPS) is 10.8. The van der Waals surface area contributed by atoms with Crippen molar-refractivity contribution in [2.45, 2.75) is 0 Å². The van der Waals surface area contributed by atoms with Crippen molar-refractivity contribution in [3.8, 4) is 0 Å². The van der Waals surface area contributed by atoms with Crippen molar-refractivity contribution in [2.24, 2.45) is 0 Å². The van der Waals surface area contributed by atoms with E-state index in [2.05, 4.69) is 0 Å². The van der Waals surface area contributed by atoms with Crippen molar-refractivity contribution in [3.05, 3.63) is 24.7 Å². The van der Waals surface area contributed by atoms with E-state index in [1.165, 1.54) is 0 Å². The molecule has 5 heteroatoms. The molecule has 0 saturated carbocycles. The molecule has 0 bridgehead atoms. The molecular weight excluding hydrogens is 170 g/mol. The average molecular weight is 181 g/mol. The molecule has 2 aromatic rings. The topological polar surface area (TPSA) is 64.8 Å². The molecule has 0 atom stereocenters. The van der Waals surface area contributed by atoms with Gasteiger partial charge in [0, 0.05) is 18.5 Å². The highest BCUT2D eigenvalue weighted by molar-refractivity contribution is 5.54. The highest BCUT2D eigenvalue weighted by Crippen LogP contribution is 2.11. The fourth-order valence-corrected chi connectivity index (χ4v) is 1.24. The van der Waals surface area contributed by atoms with Gasteiger partial charge >= 0.3 is 0 Å². The highest BCUT2D eigenvalue weighted by atomic mass is 16.7. The van der Waals surface area contributed by atoms with Crippen LogP contribution in [0.3, 0.4) is 0 Å². The van der Waals surface area contributed by atoms with Crippen molar-refractivity contribution in [2.75, 3.05) is 18.9 Å². The Hall–Kier alpha value is -1.62. The number of rotatable bonds is 3. The monoisotopic (exact) mass is 181 g/mol. The van der Waals surface area contributed by atoms with Crippen LogP contribution in [0.25, 0.3) is 5.65 Å². The number of aromatic nitrogens is 2. The number of anilines is 1. The molecule has 0 spiro atoms. The summed E-state index contributed by atoms with van der Waals surface area (Å²) in [7, 11) is 0. The van der Waals surface area contributed by atoms with Gasteiger partial charge in [-0.1, -0.05) is 0 Å². The van der Waals surface area contributed by atoms with Crippen LogP contribution in [-0.2, 0) is 0 Å². The molecule has 0 aromatic carbocycles. The second-order valence-electron chi connectivity index (χ2n) is 2.72. The quantitative estimate of drug-likeness (QED) is 0.686. The van der Waals surface area contributed by atoms with E-state index in [-0.39, 0.29) is 13.2 Å². The second-order valence-corrected chi connectivity index (χ2v) is 2.72. The smallest absolute Gasteiger partial charge is 0.155 e. The van der Waals surface area contributed by atoms with Crippen LogP contribution in [0.4, 0.5) is 5.69 Å². The number of hydrogen-bond donors (Lipinski definition) is 2. The van der Waals surface area contributed by atoms with Crippen molar-refractivity contribution in [3.63, 3.8) is 0 Å². The van der Waals surface area contributed by atoms with Crippen molar-refractivity contribution >= 4 is 11.3 Å². The summed E-state index contributed by atoms with van der Waals surface area (Å²) in [5, 5.41) is 8.57. The fraction of sp³-hybridized carbons (Fsp3) is 0.250. The molecule has 70 valence electrons. The maximum Gasteiger partial charge on any atom is 0.155 e. The zero-order valence-corrected chi connectivity index (χ0v) is 7.05. The van der Waals surface area contributed by atoms with Gasteiger partial charge in [0.25, 0.3) is 0 Å². The first-order chi connectivity index (χ1) is 6.31. The van der Waals surface area contributed by atoms with E-state index in [1.807, 2.05) is 10.6 Å². The predicted molar refractivity (Wildman–Crippen MR) is 48.3 cm³/mol. The Kier molecular flexibility index (Phi) is 1.86. The SMILES string of the molecule is Nc1cc2n(OCCO)ccn2c1. The van der Waals surface area contributed by atoms with E-state index in [9.17, 15) is 0 Å². The zero-order valence-electron chi connectivity index (χ0n) is 7.05. The third kappa shape index (κ3) is 1.33. The Morgan fingerprint density at radius 2 is 2.31 bits per heavy atom. The van der Waals surface area contributed by atoms with Crippen LogP contribution in [0, 0.1) is 0 Å². The van der Waals surface area contributed by atoms with E-state index >= 15 is 0 Å². The maximum absolute atomic E-state index is 8.57. The van der Waals surface area contributed by atoms with Crippen LogP contribution in [-0.4, -0.2) is 27.5 Å². The lowest BCUT2D eigenvalue weighted by Crippen LogP contribution is -2.13. The first kappa shape index (κ1) is 8.00. The minimum Gasteiger partial charge on any atom is -0.410 e. The minimum atomic E-state index is 0.000527. The van der Waals surface area contributed by atoms with E-state index in [1.54, 1.807) is 23.2 Å². The molecule has 13 heavy (non-hydrogen) atoms. The number of imidazole rings is 1. The second kappa shape index (κ2) is 3.02. The van der Waals surface area contributed by atoms with Gasteiger partial charge in [0.2, 0.25) is 0 Å². The number of aliphatic hydroxyl groups is 1. The van der Waals surface area contributed by atoms with Gasteiger partial charge in [-0.25, -0.2) is 0 Å². The number of nitrogens with zero attached hydrogens (tertiary/aromatic N) is 2. The van der Waals surface area contributed by atoms with Gasteiger partial charge in [0.05, 0.1) is 18.5 Å². The molecule has 0 aliphatic carbocycles. The lowest BCUT2D eigenvalue weighted by atomic mass is 10.5. The molecular formula is C8H11N3O2. The Labute approximate surface area is 74.9 Å². The van der Waals surface area contributed by atoms with Gasteiger partial charge in [-0.15, -0.1) is 0 Å². The molecule has 0 amide bonds. The molecule has 2 heterocycles. The molecule has 2 rings (SSSR count). The molecule has 0 aliphatic rings. The van der Waals surface area contributed by atoms with Gasteiger partial charge in [-0.2, -0.15) is 4.73 Å². The standard InChI is InChI=1S/C8H11N3O2/c9-7-5-8-10(6-7)1-2-11(8)13-4-3-12/h1-2,5-6,12H,3-4,9H2. The summed E-state index contributed by atoms with van der Waals surface area (Å²) in [6, 6.07) is 1.80. The van der Waals surface area contributed by atoms with Gasteiger partial charge in [0.15, 0.2) is 5.65 Å². The third-order valence-corrected chi connectivity index (χ3v) is 1.76. The Bertz CT molecular complexity index is 404. The molecule has 0 fully saturated rings. The Balaban J connectivity index is 2.33. The van der Waals surface area contributed by atoms with Gasteiger partial charge in [0.1, 0.15) is 6.61 Å². The lowest BCUT2D eigenvalue weighted by molar-refractivity contribution is 0.0825. The molecule has 0 radical (unpaired) electrons. The number of fused-ring (bicyclic) bond motifs is 1. The van der Waals surface area contributed by atoms with Crippen LogP contribution in [0.1, 0.15) is 0 Å². The van der Waals surface area contributed by atoms with Crippen LogP contribution in [0.15, 0.2) is 24.7 Å². The minimum absolute atomic E-state index is 0.000527. The molecule has 2 aromatic heterocycles.